The fraction of sp³-hybridized carbons (Fsp3) is 0.233. The number of carbonyl (C=O) groups excluding carboxylic acids is 3. The van der Waals surface area contributed by atoms with Gasteiger partial charge in [0.1, 0.15) is 29.9 Å². The topological polar surface area (TPSA) is 136 Å². The van der Waals surface area contributed by atoms with E-state index in [1.807, 2.05) is 79.7 Å². The molecule has 12 heteroatoms. The summed E-state index contributed by atoms with van der Waals surface area (Å²) >= 11 is 2.60. The van der Waals surface area contributed by atoms with E-state index >= 15 is 0 Å². The van der Waals surface area contributed by atoms with Crippen LogP contribution in [0.1, 0.15) is 36.3 Å². The monoisotopic (exact) mass is 603 g/mol. The molecule has 0 aliphatic carbocycles. The Morgan fingerprint density at radius 2 is 1.83 bits per heavy atom. The minimum Gasteiger partial charge on any atom is -0.448 e. The molecule has 2 aromatic carbocycles. The Kier molecular flexibility index (Phi) is 9.03. The zero-order chi connectivity index (χ0) is 29.6. The van der Waals surface area contributed by atoms with Gasteiger partial charge in [0.2, 0.25) is 0 Å². The standard InChI is InChI=1S/C30H29N5O5S2/c1-3-4-11-20-16-41-28-23(33-26(36)22(34-39-2)21-17-42-30(31)32-21)27(37)35(28)24(20)29(38)40-25(18-12-7-5-8-13-18)19-14-9-6-10-15-19/h4-15,17,23,25,28H,3,16H2,1-2H3,(H2,31,32)(H,33,36)/b11-4+,34-22-/t23?,28-/m1/s1. The Morgan fingerprint density at radius 1 is 1.17 bits per heavy atom. The highest BCUT2D eigenvalue weighted by Gasteiger charge is 2.54. The van der Waals surface area contributed by atoms with Crippen LogP contribution in [0.3, 0.4) is 0 Å². The third kappa shape index (κ3) is 5.95. The Labute approximate surface area is 251 Å². The number of rotatable bonds is 10. The normalized spacial score (nSPS) is 18.6. The molecule has 3 N–H and O–H groups in total. The smallest absolute Gasteiger partial charge is 0.356 e. The van der Waals surface area contributed by atoms with E-state index in [4.69, 9.17) is 15.3 Å². The van der Waals surface area contributed by atoms with Gasteiger partial charge in [0.25, 0.3) is 11.8 Å². The Balaban J connectivity index is 1.41. The van der Waals surface area contributed by atoms with E-state index in [1.54, 1.807) is 5.38 Å². The highest BCUT2D eigenvalue weighted by Crippen LogP contribution is 2.42. The second-order valence-electron chi connectivity index (χ2n) is 9.35. The van der Waals surface area contributed by atoms with E-state index in [2.05, 4.69) is 15.5 Å². The number of nitrogens with zero attached hydrogens (tertiary/aromatic N) is 3. The molecular formula is C30H29N5O5S2. The number of oxime groups is 1. The lowest BCUT2D eigenvalue weighted by Gasteiger charge is -2.49. The second-order valence-corrected chi connectivity index (χ2v) is 11.3. The number of nitrogen functional groups attached to an aromatic ring is 1. The molecular weight excluding hydrogens is 574 g/mol. The van der Waals surface area contributed by atoms with Crippen LogP contribution in [0.4, 0.5) is 5.13 Å². The van der Waals surface area contributed by atoms with Gasteiger partial charge >= 0.3 is 5.97 Å². The van der Waals surface area contributed by atoms with Gasteiger partial charge in [-0.05, 0) is 23.1 Å². The van der Waals surface area contributed by atoms with Crippen LogP contribution in [0, 0.1) is 0 Å². The zero-order valence-electron chi connectivity index (χ0n) is 22.9. The van der Waals surface area contributed by atoms with Crippen molar-refractivity contribution in [2.75, 3.05) is 18.6 Å². The Morgan fingerprint density at radius 3 is 2.40 bits per heavy atom. The number of carbonyl (C=O) groups is 3. The van der Waals surface area contributed by atoms with Gasteiger partial charge in [-0.25, -0.2) is 9.78 Å². The van der Waals surface area contributed by atoms with Crippen LogP contribution in [-0.2, 0) is 24.0 Å². The maximum Gasteiger partial charge on any atom is 0.356 e. The predicted molar refractivity (Wildman–Crippen MR) is 162 cm³/mol. The summed E-state index contributed by atoms with van der Waals surface area (Å²) in [6.07, 6.45) is 3.87. The Hall–Kier alpha value is -4.42. The number of esters is 1. The maximum absolute atomic E-state index is 13.9. The number of aromatic nitrogens is 1. The van der Waals surface area contributed by atoms with Crippen molar-refractivity contribution in [1.82, 2.24) is 15.2 Å². The first-order valence-corrected chi connectivity index (χ1v) is 15.1. The van der Waals surface area contributed by atoms with Crippen LogP contribution in [0.5, 0.6) is 0 Å². The average molecular weight is 604 g/mol. The lowest BCUT2D eigenvalue weighted by Crippen LogP contribution is -2.71. The summed E-state index contributed by atoms with van der Waals surface area (Å²) in [6, 6.07) is 18.0. The number of benzene rings is 2. The van der Waals surface area contributed by atoms with Crippen LogP contribution in [-0.4, -0.2) is 57.7 Å². The molecule has 0 saturated carbocycles. The number of thioether (sulfide) groups is 1. The van der Waals surface area contributed by atoms with Crippen molar-refractivity contribution in [2.24, 2.45) is 5.16 Å². The molecule has 3 heterocycles. The van der Waals surface area contributed by atoms with Crippen molar-refractivity contribution in [3.63, 3.8) is 0 Å². The van der Waals surface area contributed by atoms with E-state index in [-0.39, 0.29) is 22.2 Å². The first-order chi connectivity index (χ1) is 20.4. The highest BCUT2D eigenvalue weighted by molar-refractivity contribution is 8.00. The number of amides is 2. The number of hydrogen-bond acceptors (Lipinski definition) is 10. The van der Waals surface area contributed by atoms with Gasteiger partial charge in [0.05, 0.1) is 0 Å². The van der Waals surface area contributed by atoms with Crippen molar-refractivity contribution in [3.05, 3.63) is 106 Å². The quantitative estimate of drug-likeness (QED) is 0.153. The summed E-state index contributed by atoms with van der Waals surface area (Å²) < 4.78 is 6.14. The van der Waals surface area contributed by atoms with Crippen LogP contribution in [0.15, 0.2) is 94.6 Å². The van der Waals surface area contributed by atoms with E-state index in [1.165, 1.54) is 23.8 Å². The molecule has 3 aromatic rings. The van der Waals surface area contributed by atoms with E-state index in [9.17, 15) is 14.4 Å². The summed E-state index contributed by atoms with van der Waals surface area (Å²) in [5.74, 6) is -1.24. The molecule has 0 bridgehead atoms. The molecule has 0 spiro atoms. The molecule has 1 unspecified atom stereocenters. The third-order valence-electron chi connectivity index (χ3n) is 6.62. The minimum absolute atomic E-state index is 0.104. The van der Waals surface area contributed by atoms with Crippen LogP contribution >= 0.6 is 23.1 Å². The summed E-state index contributed by atoms with van der Waals surface area (Å²) in [6.45, 7) is 1.99. The molecule has 2 amide bonds. The third-order valence-corrected chi connectivity index (χ3v) is 8.60. The van der Waals surface area contributed by atoms with Gasteiger partial charge in [-0.2, -0.15) is 0 Å². The first-order valence-electron chi connectivity index (χ1n) is 13.2. The molecule has 2 aliphatic heterocycles. The van der Waals surface area contributed by atoms with Crippen molar-refractivity contribution in [2.45, 2.75) is 30.9 Å². The van der Waals surface area contributed by atoms with Gasteiger partial charge < -0.3 is 20.6 Å². The fourth-order valence-electron chi connectivity index (χ4n) is 4.67. The summed E-state index contributed by atoms with van der Waals surface area (Å²) in [5.41, 5.74) is 8.32. The van der Waals surface area contributed by atoms with Crippen molar-refractivity contribution < 1.29 is 24.0 Å². The second kappa shape index (κ2) is 13.0. The molecule has 1 saturated heterocycles. The summed E-state index contributed by atoms with van der Waals surface area (Å²) in [7, 11) is 1.31. The van der Waals surface area contributed by atoms with Gasteiger partial charge in [0.15, 0.2) is 16.9 Å². The molecule has 42 heavy (non-hydrogen) atoms. The number of allylic oxidation sites excluding steroid dienone is 2. The SMILES string of the molecule is CC/C=C/C1=C(C(=O)OC(c2ccccc2)c2ccccc2)N2C(=O)C(NC(=O)/C(=N\OC)c3csc(N)n3)[C@H]2SC1. The number of fused-ring (bicyclic) bond motifs is 1. The number of nitrogens with two attached hydrogens (primary N) is 1. The van der Waals surface area contributed by atoms with Crippen molar-refractivity contribution >= 4 is 51.7 Å². The fourth-order valence-corrected chi connectivity index (χ4v) is 6.54. The van der Waals surface area contributed by atoms with Gasteiger partial charge in [0, 0.05) is 11.1 Å². The van der Waals surface area contributed by atoms with E-state index in [0.717, 1.165) is 28.9 Å². The zero-order valence-corrected chi connectivity index (χ0v) is 24.6. The predicted octanol–water partition coefficient (Wildman–Crippen LogP) is 4.03. The van der Waals surface area contributed by atoms with Crippen LogP contribution < -0.4 is 11.1 Å². The number of hydrogen-bond donors (Lipinski definition) is 2. The highest BCUT2D eigenvalue weighted by atomic mass is 32.2. The molecule has 5 rings (SSSR count). The maximum atomic E-state index is 13.9. The lowest BCUT2D eigenvalue weighted by atomic mass is 10.00. The molecule has 1 aromatic heterocycles. The van der Waals surface area contributed by atoms with Gasteiger partial charge in [-0.1, -0.05) is 84.9 Å². The van der Waals surface area contributed by atoms with Crippen LogP contribution in [0.25, 0.3) is 0 Å². The molecule has 1 fully saturated rings. The largest absolute Gasteiger partial charge is 0.448 e. The number of nitrogens with one attached hydrogen (secondary N) is 1. The van der Waals surface area contributed by atoms with Gasteiger partial charge in [-0.15, -0.1) is 23.1 Å². The number of thiazole rings is 1. The van der Waals surface area contributed by atoms with Crippen molar-refractivity contribution in [1.29, 1.82) is 0 Å². The van der Waals surface area contributed by atoms with Gasteiger partial charge in [-0.3, -0.25) is 14.5 Å². The molecule has 2 aliphatic rings. The molecule has 216 valence electrons. The first kappa shape index (κ1) is 29.1. The minimum atomic E-state index is -0.890. The summed E-state index contributed by atoms with van der Waals surface area (Å²) in [4.78, 5) is 51.0. The molecule has 2 atom stereocenters. The number of β-lactam (4-membered cyclic amide) rings is 1. The average Bonchev–Trinajstić information content (AvgIpc) is 3.45. The Bertz CT molecular complexity index is 1510. The van der Waals surface area contributed by atoms with E-state index < -0.39 is 35.3 Å². The van der Waals surface area contributed by atoms with Crippen molar-refractivity contribution in [3.8, 4) is 0 Å². The van der Waals surface area contributed by atoms with E-state index in [0.29, 0.717) is 11.3 Å². The van der Waals surface area contributed by atoms with Crippen LogP contribution in [0.2, 0.25) is 0 Å². The number of ether oxygens (including phenoxy) is 1. The summed E-state index contributed by atoms with van der Waals surface area (Å²) in [5, 5.41) is 7.86. The molecule has 0 radical (unpaired) electrons. The number of anilines is 1. The lowest BCUT2D eigenvalue weighted by molar-refractivity contribution is -0.154. The molecule has 10 nitrogen and oxygen atoms in total.